The summed E-state index contributed by atoms with van der Waals surface area (Å²) in [4.78, 5) is 8.35. The van der Waals surface area contributed by atoms with Gasteiger partial charge in [-0.1, -0.05) is 12.1 Å². The SMILES string of the molecule is O=[P+](O)OCc1ccc(OC(F)F)cc1. The fourth-order valence-corrected chi connectivity index (χ4v) is 1.16. The Morgan fingerprint density at radius 1 is 1.33 bits per heavy atom. The largest absolute Gasteiger partial charge is 0.695 e. The van der Waals surface area contributed by atoms with Gasteiger partial charge in [-0.2, -0.15) is 8.78 Å². The van der Waals surface area contributed by atoms with Crippen LogP contribution in [-0.2, 0) is 15.7 Å². The summed E-state index contributed by atoms with van der Waals surface area (Å²) < 4.78 is 42.2. The zero-order valence-corrected chi connectivity index (χ0v) is 8.36. The summed E-state index contributed by atoms with van der Waals surface area (Å²) in [6.45, 7) is -2.92. The number of hydrogen-bond donors (Lipinski definition) is 1. The molecule has 1 atom stereocenters. The van der Waals surface area contributed by atoms with E-state index in [1.165, 1.54) is 24.3 Å². The molecule has 0 amide bonds. The monoisotopic (exact) mass is 237 g/mol. The summed E-state index contributed by atoms with van der Waals surface area (Å²) in [6, 6.07) is 5.59. The Balaban J connectivity index is 2.52. The molecule has 82 valence electrons. The summed E-state index contributed by atoms with van der Waals surface area (Å²) in [5.41, 5.74) is 0.592. The van der Waals surface area contributed by atoms with Crippen molar-refractivity contribution in [2.75, 3.05) is 0 Å². The van der Waals surface area contributed by atoms with E-state index in [4.69, 9.17) is 4.89 Å². The predicted molar refractivity (Wildman–Crippen MR) is 47.7 cm³/mol. The van der Waals surface area contributed by atoms with Gasteiger partial charge in [-0.15, -0.1) is 9.42 Å². The van der Waals surface area contributed by atoms with Crippen LogP contribution in [0.15, 0.2) is 24.3 Å². The van der Waals surface area contributed by atoms with E-state index in [0.29, 0.717) is 5.56 Å². The zero-order chi connectivity index (χ0) is 11.3. The Morgan fingerprint density at radius 2 is 1.93 bits per heavy atom. The van der Waals surface area contributed by atoms with Gasteiger partial charge in [0.1, 0.15) is 12.4 Å². The van der Waals surface area contributed by atoms with Gasteiger partial charge in [0.15, 0.2) is 0 Å². The molecule has 0 bridgehead atoms. The van der Waals surface area contributed by atoms with Crippen molar-refractivity contribution in [1.29, 1.82) is 0 Å². The minimum Gasteiger partial charge on any atom is -0.435 e. The normalized spacial score (nSPS) is 11.6. The summed E-state index contributed by atoms with van der Waals surface area (Å²) in [5.74, 6) is 0.0298. The summed E-state index contributed by atoms with van der Waals surface area (Å²) >= 11 is 0. The first-order valence-electron chi connectivity index (χ1n) is 3.91. The van der Waals surface area contributed by atoms with Crippen molar-refractivity contribution in [3.8, 4) is 5.75 Å². The van der Waals surface area contributed by atoms with Crippen LogP contribution in [-0.4, -0.2) is 11.5 Å². The molecule has 15 heavy (non-hydrogen) atoms. The van der Waals surface area contributed by atoms with Crippen LogP contribution in [0.1, 0.15) is 5.56 Å². The molecule has 0 spiro atoms. The molecular formula is C8H8F2O4P+. The van der Waals surface area contributed by atoms with Crippen molar-refractivity contribution in [1.82, 2.24) is 0 Å². The third kappa shape index (κ3) is 4.78. The number of halogens is 2. The van der Waals surface area contributed by atoms with Crippen LogP contribution >= 0.6 is 8.25 Å². The number of alkyl halides is 2. The van der Waals surface area contributed by atoms with Gasteiger partial charge in [0, 0.05) is 4.57 Å². The molecular weight excluding hydrogens is 229 g/mol. The van der Waals surface area contributed by atoms with E-state index in [1.807, 2.05) is 0 Å². The second-order valence-electron chi connectivity index (χ2n) is 2.53. The molecule has 1 rings (SSSR count). The molecule has 4 nitrogen and oxygen atoms in total. The van der Waals surface area contributed by atoms with Gasteiger partial charge in [-0.05, 0) is 17.7 Å². The smallest absolute Gasteiger partial charge is 0.435 e. The van der Waals surface area contributed by atoms with Crippen molar-refractivity contribution >= 4 is 8.25 Å². The molecule has 0 aromatic heterocycles. The van der Waals surface area contributed by atoms with Crippen LogP contribution < -0.4 is 4.74 Å². The molecule has 0 heterocycles. The fraction of sp³-hybridized carbons (Fsp3) is 0.250. The molecule has 0 saturated heterocycles. The van der Waals surface area contributed by atoms with E-state index >= 15 is 0 Å². The Bertz CT molecular complexity index is 328. The lowest BCUT2D eigenvalue weighted by Gasteiger charge is -2.03. The number of benzene rings is 1. The standard InChI is InChI=1S/C8H7F2O4P/c9-8(10)14-7-3-1-6(2-4-7)5-13-15(11)12/h1-4,8H,5H2/p+1. The lowest BCUT2D eigenvalue weighted by atomic mass is 10.2. The molecule has 1 aromatic carbocycles. The van der Waals surface area contributed by atoms with Crippen molar-refractivity contribution in [3.05, 3.63) is 29.8 Å². The number of hydrogen-bond acceptors (Lipinski definition) is 3. The summed E-state index contributed by atoms with van der Waals surface area (Å²) in [5, 5.41) is 0. The third-order valence-electron chi connectivity index (χ3n) is 1.49. The van der Waals surface area contributed by atoms with Gasteiger partial charge in [0.2, 0.25) is 0 Å². The Hall–Kier alpha value is -1.10. The van der Waals surface area contributed by atoms with Gasteiger partial charge in [0.05, 0.1) is 0 Å². The minimum atomic E-state index is -2.86. The highest BCUT2D eigenvalue weighted by Crippen LogP contribution is 2.20. The van der Waals surface area contributed by atoms with Crippen molar-refractivity contribution in [2.45, 2.75) is 13.2 Å². The van der Waals surface area contributed by atoms with Gasteiger partial charge >= 0.3 is 14.9 Å². The maximum atomic E-state index is 11.8. The summed E-state index contributed by atoms with van der Waals surface area (Å²) in [6.07, 6.45) is 0. The van der Waals surface area contributed by atoms with E-state index in [2.05, 4.69) is 9.26 Å². The predicted octanol–water partition coefficient (Wildman–Crippen LogP) is 2.45. The molecule has 0 aliphatic carbocycles. The topological polar surface area (TPSA) is 55.8 Å². The molecule has 1 unspecified atom stereocenters. The molecule has 0 aliphatic rings. The van der Waals surface area contributed by atoms with Crippen molar-refractivity contribution in [3.63, 3.8) is 0 Å². The van der Waals surface area contributed by atoms with E-state index in [-0.39, 0.29) is 12.4 Å². The quantitative estimate of drug-likeness (QED) is 0.799. The molecule has 0 fully saturated rings. The first-order valence-corrected chi connectivity index (χ1v) is 5.04. The lowest BCUT2D eigenvalue weighted by Crippen LogP contribution is -2.01. The fourth-order valence-electron chi connectivity index (χ4n) is 0.897. The van der Waals surface area contributed by atoms with E-state index in [0.717, 1.165) is 0 Å². The van der Waals surface area contributed by atoms with E-state index in [9.17, 15) is 13.3 Å². The second kappa shape index (κ2) is 5.70. The maximum Gasteiger partial charge on any atom is 0.695 e. The molecule has 0 radical (unpaired) electrons. The van der Waals surface area contributed by atoms with Gasteiger partial charge < -0.3 is 4.74 Å². The highest BCUT2D eigenvalue weighted by Gasteiger charge is 2.12. The molecule has 1 aromatic rings. The second-order valence-corrected chi connectivity index (χ2v) is 3.27. The van der Waals surface area contributed by atoms with Crippen molar-refractivity contribution in [2.24, 2.45) is 0 Å². The number of ether oxygens (including phenoxy) is 1. The minimum absolute atomic E-state index is 0.0298. The first-order chi connectivity index (χ1) is 7.08. The lowest BCUT2D eigenvalue weighted by molar-refractivity contribution is -0.0498. The third-order valence-corrected chi connectivity index (χ3v) is 1.84. The molecule has 0 aliphatic heterocycles. The van der Waals surface area contributed by atoms with Crippen LogP contribution in [0.25, 0.3) is 0 Å². The zero-order valence-electron chi connectivity index (χ0n) is 7.47. The van der Waals surface area contributed by atoms with Gasteiger partial charge in [-0.25, -0.2) is 0 Å². The maximum absolute atomic E-state index is 11.8. The van der Waals surface area contributed by atoms with Crippen LogP contribution in [0, 0.1) is 0 Å². The Kier molecular flexibility index (Phi) is 4.55. The average Bonchev–Trinajstić information content (AvgIpc) is 2.16. The van der Waals surface area contributed by atoms with Crippen LogP contribution in [0.5, 0.6) is 5.75 Å². The average molecular weight is 237 g/mol. The van der Waals surface area contributed by atoms with Gasteiger partial charge in [0.25, 0.3) is 0 Å². The first kappa shape index (κ1) is 12.0. The van der Waals surface area contributed by atoms with E-state index in [1.54, 1.807) is 0 Å². The Labute approximate surface area is 85.4 Å². The number of rotatable bonds is 5. The van der Waals surface area contributed by atoms with E-state index < -0.39 is 14.9 Å². The molecule has 7 heteroatoms. The van der Waals surface area contributed by atoms with Gasteiger partial charge in [-0.3, -0.25) is 0 Å². The Morgan fingerprint density at radius 3 is 2.40 bits per heavy atom. The molecule has 1 N–H and O–H groups in total. The van der Waals surface area contributed by atoms with Crippen LogP contribution in [0.4, 0.5) is 8.78 Å². The van der Waals surface area contributed by atoms with Crippen LogP contribution in [0.2, 0.25) is 0 Å². The van der Waals surface area contributed by atoms with Crippen molar-refractivity contribution < 1.29 is 27.5 Å². The molecule has 0 saturated carbocycles. The summed E-state index contributed by atoms with van der Waals surface area (Å²) in [7, 11) is -2.65. The van der Waals surface area contributed by atoms with Crippen LogP contribution in [0.3, 0.4) is 0 Å². The highest BCUT2D eigenvalue weighted by molar-refractivity contribution is 7.32. The highest BCUT2D eigenvalue weighted by atomic mass is 31.1.